The maximum absolute atomic E-state index is 13.2. The van der Waals surface area contributed by atoms with Gasteiger partial charge in [0.2, 0.25) is 0 Å². The molecule has 3 rings (SSSR count). The third-order valence-corrected chi connectivity index (χ3v) is 7.54. The van der Waals surface area contributed by atoms with Crippen LogP contribution < -0.4 is 0 Å². The molecule has 0 saturated heterocycles. The van der Waals surface area contributed by atoms with Crippen LogP contribution in [0.1, 0.15) is 11.5 Å². The van der Waals surface area contributed by atoms with Crippen LogP contribution in [0.3, 0.4) is 0 Å². The van der Waals surface area contributed by atoms with Crippen molar-refractivity contribution in [1.29, 1.82) is 0 Å². The molecule has 5 nitrogen and oxygen atoms in total. The molecule has 2 aromatic carbocycles. The van der Waals surface area contributed by atoms with Crippen molar-refractivity contribution >= 4 is 39.0 Å². The fourth-order valence-electron chi connectivity index (χ4n) is 3.50. The minimum atomic E-state index is -3.92. The first kappa shape index (κ1) is 19.2. The average Bonchev–Trinajstić information content (AvgIpc) is 3.27. The highest BCUT2D eigenvalue weighted by molar-refractivity contribution is 7.92. The summed E-state index contributed by atoms with van der Waals surface area (Å²) in [7, 11) is -2.56. The quantitative estimate of drug-likeness (QED) is 0.779. The van der Waals surface area contributed by atoms with Crippen LogP contribution in [-0.4, -0.2) is 38.5 Å². The number of carbonyl (C=O) groups is 1. The Kier molecular flexibility index (Phi) is 5.05. The first-order valence-electron chi connectivity index (χ1n) is 7.72. The highest BCUT2D eigenvalue weighted by Gasteiger charge is 2.76. The second-order valence-electron chi connectivity index (χ2n) is 6.23. The van der Waals surface area contributed by atoms with Crippen LogP contribution in [0.15, 0.2) is 53.4 Å². The standard InChI is InChI=1S/C18H16Cl2O5S/c1-25-10-18(17(21)22)15(11-2-4-12(19)5-3-11)16(18)26(23,24)14-8-6-13(20)7-9-14/h2-9,15-16H,10H2,1H3,(H,21,22)/t15-,16-,18+/m1/s1. The van der Waals surface area contributed by atoms with E-state index in [0.29, 0.717) is 15.6 Å². The third kappa shape index (κ3) is 3.01. The highest BCUT2D eigenvalue weighted by atomic mass is 35.5. The second kappa shape index (κ2) is 6.85. The van der Waals surface area contributed by atoms with Crippen LogP contribution in [0.2, 0.25) is 10.0 Å². The smallest absolute Gasteiger partial charge is 0.314 e. The zero-order chi connectivity index (χ0) is 19.1. The number of halogens is 2. The van der Waals surface area contributed by atoms with Gasteiger partial charge in [-0.05, 0) is 42.0 Å². The highest BCUT2D eigenvalue weighted by Crippen LogP contribution is 2.64. The zero-order valence-corrected chi connectivity index (χ0v) is 16.1. The Labute approximate surface area is 161 Å². The van der Waals surface area contributed by atoms with Gasteiger partial charge in [-0.1, -0.05) is 35.3 Å². The number of hydrogen-bond donors (Lipinski definition) is 1. The van der Waals surface area contributed by atoms with Gasteiger partial charge in [0, 0.05) is 23.1 Å². The van der Waals surface area contributed by atoms with Gasteiger partial charge in [-0.3, -0.25) is 4.79 Å². The zero-order valence-electron chi connectivity index (χ0n) is 13.7. The van der Waals surface area contributed by atoms with Gasteiger partial charge < -0.3 is 9.84 Å². The van der Waals surface area contributed by atoms with Crippen molar-refractivity contribution in [3.05, 3.63) is 64.1 Å². The minimum absolute atomic E-state index is 0.0325. The van der Waals surface area contributed by atoms with E-state index in [-0.39, 0.29) is 11.5 Å². The SMILES string of the molecule is COC[C@]1(C(=O)O)[C@H](c2ccc(Cl)cc2)[C@H]1S(=O)(=O)c1ccc(Cl)cc1. The van der Waals surface area contributed by atoms with Gasteiger partial charge in [0.05, 0.1) is 16.8 Å². The van der Waals surface area contributed by atoms with Gasteiger partial charge in [0.15, 0.2) is 9.84 Å². The maximum atomic E-state index is 13.2. The van der Waals surface area contributed by atoms with Gasteiger partial charge in [-0.2, -0.15) is 0 Å². The molecule has 26 heavy (non-hydrogen) atoms. The molecule has 2 aromatic rings. The van der Waals surface area contributed by atoms with Crippen molar-refractivity contribution in [3.63, 3.8) is 0 Å². The molecule has 0 amide bonds. The first-order chi connectivity index (χ1) is 12.2. The monoisotopic (exact) mass is 414 g/mol. The van der Waals surface area contributed by atoms with Gasteiger partial charge in [0.1, 0.15) is 5.41 Å². The molecule has 0 bridgehead atoms. The van der Waals surface area contributed by atoms with E-state index in [0.717, 1.165) is 0 Å². The van der Waals surface area contributed by atoms with Crippen LogP contribution in [-0.2, 0) is 19.4 Å². The molecule has 1 aliphatic carbocycles. The minimum Gasteiger partial charge on any atom is -0.481 e. The topological polar surface area (TPSA) is 80.7 Å². The van der Waals surface area contributed by atoms with E-state index in [1.54, 1.807) is 24.3 Å². The summed E-state index contributed by atoms with van der Waals surface area (Å²) in [6.07, 6.45) is 0. The summed E-state index contributed by atoms with van der Waals surface area (Å²) in [6.45, 7) is -0.215. The summed E-state index contributed by atoms with van der Waals surface area (Å²) >= 11 is 11.7. The molecular formula is C18H16Cl2O5S. The number of methoxy groups -OCH3 is 1. The first-order valence-corrected chi connectivity index (χ1v) is 10.0. The van der Waals surface area contributed by atoms with Gasteiger partial charge in [-0.25, -0.2) is 8.42 Å². The van der Waals surface area contributed by atoms with E-state index in [1.165, 1.54) is 31.4 Å². The number of sulfone groups is 1. The molecule has 1 N–H and O–H groups in total. The molecule has 3 atom stereocenters. The molecule has 0 heterocycles. The number of hydrogen-bond acceptors (Lipinski definition) is 4. The molecule has 1 aliphatic rings. The van der Waals surface area contributed by atoms with Crippen LogP contribution in [0.4, 0.5) is 0 Å². The number of aliphatic carboxylic acids is 1. The molecule has 0 unspecified atom stereocenters. The largest absolute Gasteiger partial charge is 0.481 e. The fraction of sp³-hybridized carbons (Fsp3) is 0.278. The molecule has 1 fully saturated rings. The van der Waals surface area contributed by atoms with Crippen LogP contribution in [0.5, 0.6) is 0 Å². The summed E-state index contributed by atoms with van der Waals surface area (Å²) in [5, 5.41) is 9.59. The van der Waals surface area contributed by atoms with Crippen molar-refractivity contribution < 1.29 is 23.1 Å². The number of rotatable bonds is 6. The van der Waals surface area contributed by atoms with Gasteiger partial charge >= 0.3 is 5.97 Å². The summed E-state index contributed by atoms with van der Waals surface area (Å²) in [5.74, 6) is -1.94. The molecule has 138 valence electrons. The van der Waals surface area contributed by atoms with Crippen LogP contribution >= 0.6 is 23.2 Å². The Morgan fingerprint density at radius 1 is 1.08 bits per heavy atom. The molecular weight excluding hydrogens is 399 g/mol. The molecule has 8 heteroatoms. The van der Waals surface area contributed by atoms with E-state index in [2.05, 4.69) is 0 Å². The van der Waals surface area contributed by atoms with Crippen LogP contribution in [0, 0.1) is 5.41 Å². The van der Waals surface area contributed by atoms with E-state index in [4.69, 9.17) is 27.9 Å². The van der Waals surface area contributed by atoms with Crippen molar-refractivity contribution in [1.82, 2.24) is 0 Å². The third-order valence-electron chi connectivity index (χ3n) is 4.74. The second-order valence-corrected chi connectivity index (χ2v) is 9.17. The lowest BCUT2D eigenvalue weighted by molar-refractivity contribution is -0.145. The molecule has 0 aromatic heterocycles. The summed E-state index contributed by atoms with van der Waals surface area (Å²) in [6, 6.07) is 12.2. The molecule has 0 spiro atoms. The predicted octanol–water partition coefficient (Wildman–Crippen LogP) is 3.65. The molecule has 0 radical (unpaired) electrons. The van der Waals surface area contributed by atoms with E-state index < -0.39 is 32.4 Å². The summed E-state index contributed by atoms with van der Waals surface area (Å²) in [4.78, 5) is 12.1. The number of ether oxygens (including phenoxy) is 1. The molecule has 0 aliphatic heterocycles. The Morgan fingerprint density at radius 3 is 2.04 bits per heavy atom. The van der Waals surface area contributed by atoms with Crippen molar-refractivity contribution in [2.75, 3.05) is 13.7 Å². The van der Waals surface area contributed by atoms with Crippen LogP contribution in [0.25, 0.3) is 0 Å². The van der Waals surface area contributed by atoms with Crippen molar-refractivity contribution in [2.45, 2.75) is 16.1 Å². The van der Waals surface area contributed by atoms with E-state index in [9.17, 15) is 18.3 Å². The van der Waals surface area contributed by atoms with Gasteiger partial charge in [0.25, 0.3) is 0 Å². The number of benzene rings is 2. The normalized spacial score (nSPS) is 25.0. The molecule has 1 saturated carbocycles. The van der Waals surface area contributed by atoms with E-state index in [1.807, 2.05) is 0 Å². The van der Waals surface area contributed by atoms with E-state index >= 15 is 0 Å². The predicted molar refractivity (Wildman–Crippen MR) is 98.6 cm³/mol. The van der Waals surface area contributed by atoms with Crippen molar-refractivity contribution in [2.24, 2.45) is 5.41 Å². The number of carboxylic acid groups (broad SMARTS) is 1. The lowest BCUT2D eigenvalue weighted by Gasteiger charge is -2.12. The lowest BCUT2D eigenvalue weighted by Crippen LogP contribution is -2.28. The fourth-order valence-corrected chi connectivity index (χ4v) is 6.11. The lowest BCUT2D eigenvalue weighted by atomic mass is 10.0. The number of carboxylic acids is 1. The Hall–Kier alpha value is -1.60. The maximum Gasteiger partial charge on any atom is 0.314 e. The Bertz CT molecular complexity index is 925. The Balaban J connectivity index is 2.11. The Morgan fingerprint density at radius 2 is 1.58 bits per heavy atom. The summed E-state index contributed by atoms with van der Waals surface area (Å²) in [5.41, 5.74) is -0.961. The summed E-state index contributed by atoms with van der Waals surface area (Å²) < 4.78 is 31.4. The average molecular weight is 415 g/mol. The van der Waals surface area contributed by atoms with Gasteiger partial charge in [-0.15, -0.1) is 0 Å². The van der Waals surface area contributed by atoms with Crippen molar-refractivity contribution in [3.8, 4) is 0 Å².